The molecule has 0 spiro atoms. The van der Waals surface area contributed by atoms with Gasteiger partial charge in [0, 0.05) is 26.2 Å². The van der Waals surface area contributed by atoms with E-state index in [-0.39, 0.29) is 48.4 Å². The van der Waals surface area contributed by atoms with Gasteiger partial charge in [0.1, 0.15) is 10.6 Å². The lowest BCUT2D eigenvalue weighted by molar-refractivity contribution is -0.135. The van der Waals surface area contributed by atoms with E-state index in [0.717, 1.165) is 11.1 Å². The Bertz CT molecular complexity index is 1300. The first-order valence-corrected chi connectivity index (χ1v) is 13.6. The Kier molecular flexibility index (Phi) is 9.11. The number of carbonyl (C=O) groups excluding carboxylic acids is 2. The summed E-state index contributed by atoms with van der Waals surface area (Å²) in [6, 6.07) is 23.1. The highest BCUT2D eigenvalue weighted by Gasteiger charge is 2.30. The van der Waals surface area contributed by atoms with Crippen LogP contribution in [0.1, 0.15) is 21.5 Å². The van der Waals surface area contributed by atoms with Crippen molar-refractivity contribution in [2.75, 3.05) is 40.0 Å². The van der Waals surface area contributed by atoms with E-state index in [9.17, 15) is 18.0 Å². The molecule has 0 saturated carbocycles. The van der Waals surface area contributed by atoms with Gasteiger partial charge in [-0.15, -0.1) is 0 Å². The van der Waals surface area contributed by atoms with Crippen LogP contribution in [0, 0.1) is 0 Å². The van der Waals surface area contributed by atoms with Crippen LogP contribution in [0.2, 0.25) is 0 Å². The molecular formula is C28H30N2O7S. The van der Waals surface area contributed by atoms with Crippen LogP contribution in [0.5, 0.6) is 5.75 Å². The fourth-order valence-electron chi connectivity index (χ4n) is 4.07. The van der Waals surface area contributed by atoms with Crippen molar-refractivity contribution in [1.29, 1.82) is 0 Å². The van der Waals surface area contributed by atoms with Crippen LogP contribution in [0.3, 0.4) is 0 Å². The van der Waals surface area contributed by atoms with E-state index in [4.69, 9.17) is 14.2 Å². The van der Waals surface area contributed by atoms with Crippen molar-refractivity contribution in [2.24, 2.45) is 0 Å². The summed E-state index contributed by atoms with van der Waals surface area (Å²) in [6.07, 6.45) is 0. The number of methoxy groups -OCH3 is 1. The van der Waals surface area contributed by atoms with Crippen molar-refractivity contribution in [3.05, 3.63) is 95.6 Å². The third-order valence-electron chi connectivity index (χ3n) is 6.10. The maximum atomic E-state index is 13.2. The minimum atomic E-state index is -3.93. The monoisotopic (exact) mass is 538 g/mol. The number of morpholine rings is 1. The molecule has 0 N–H and O–H groups in total. The molecule has 3 aromatic rings. The summed E-state index contributed by atoms with van der Waals surface area (Å²) in [6.45, 7) is 1.17. The lowest BCUT2D eigenvalue weighted by atomic mass is 10.1. The molecule has 0 aliphatic carbocycles. The third-order valence-corrected chi connectivity index (χ3v) is 8.02. The van der Waals surface area contributed by atoms with Gasteiger partial charge in [0.2, 0.25) is 10.0 Å². The van der Waals surface area contributed by atoms with E-state index in [1.807, 2.05) is 60.7 Å². The van der Waals surface area contributed by atoms with Crippen LogP contribution in [-0.2, 0) is 37.4 Å². The number of hydrogen-bond acceptors (Lipinski definition) is 7. The van der Waals surface area contributed by atoms with Crippen molar-refractivity contribution in [3.8, 4) is 5.75 Å². The molecule has 10 heteroatoms. The number of sulfonamides is 1. The molecule has 4 rings (SSSR count). The maximum absolute atomic E-state index is 13.2. The minimum Gasteiger partial charge on any atom is -0.495 e. The fraction of sp³-hybridized carbons (Fsp3) is 0.286. The molecule has 0 aromatic heterocycles. The van der Waals surface area contributed by atoms with E-state index in [0.29, 0.717) is 13.1 Å². The SMILES string of the molecule is COc1ccc(C(=O)OCC(=O)N(Cc2ccccc2)Cc2ccccc2)cc1S(=O)(=O)N1CCOCC1. The molecule has 1 aliphatic rings. The van der Waals surface area contributed by atoms with Gasteiger partial charge in [-0.2, -0.15) is 4.31 Å². The molecule has 0 radical (unpaired) electrons. The molecule has 1 saturated heterocycles. The highest BCUT2D eigenvalue weighted by atomic mass is 32.2. The lowest BCUT2D eigenvalue weighted by Gasteiger charge is -2.26. The van der Waals surface area contributed by atoms with Crippen molar-refractivity contribution < 1.29 is 32.2 Å². The first-order chi connectivity index (χ1) is 18.4. The van der Waals surface area contributed by atoms with Gasteiger partial charge in [-0.1, -0.05) is 60.7 Å². The number of nitrogens with zero attached hydrogens (tertiary/aromatic N) is 2. The highest BCUT2D eigenvalue weighted by Crippen LogP contribution is 2.28. The summed E-state index contributed by atoms with van der Waals surface area (Å²) in [5, 5.41) is 0. The van der Waals surface area contributed by atoms with Gasteiger partial charge in [-0.3, -0.25) is 4.79 Å². The van der Waals surface area contributed by atoms with Crippen LogP contribution in [0.15, 0.2) is 83.8 Å². The first-order valence-electron chi connectivity index (χ1n) is 12.2. The summed E-state index contributed by atoms with van der Waals surface area (Å²) in [5.41, 5.74) is 1.88. The molecule has 1 aliphatic heterocycles. The Morgan fingerprint density at radius 3 is 2.03 bits per heavy atom. The van der Waals surface area contributed by atoms with Gasteiger partial charge in [0.15, 0.2) is 6.61 Å². The lowest BCUT2D eigenvalue weighted by Crippen LogP contribution is -2.40. The quantitative estimate of drug-likeness (QED) is 0.366. The number of rotatable bonds is 10. The second-order valence-corrected chi connectivity index (χ2v) is 10.6. The number of benzene rings is 3. The maximum Gasteiger partial charge on any atom is 0.338 e. The molecule has 0 atom stereocenters. The average molecular weight is 539 g/mol. The third kappa shape index (κ3) is 6.77. The topological polar surface area (TPSA) is 102 Å². The minimum absolute atomic E-state index is 0.00287. The zero-order valence-electron chi connectivity index (χ0n) is 21.1. The number of ether oxygens (including phenoxy) is 3. The highest BCUT2D eigenvalue weighted by molar-refractivity contribution is 7.89. The van der Waals surface area contributed by atoms with Gasteiger partial charge < -0.3 is 19.1 Å². The molecule has 38 heavy (non-hydrogen) atoms. The van der Waals surface area contributed by atoms with Gasteiger partial charge in [-0.05, 0) is 29.3 Å². The number of hydrogen-bond donors (Lipinski definition) is 0. The normalized spacial score (nSPS) is 14.0. The van der Waals surface area contributed by atoms with Crippen molar-refractivity contribution >= 4 is 21.9 Å². The molecule has 9 nitrogen and oxygen atoms in total. The van der Waals surface area contributed by atoms with E-state index in [1.54, 1.807) is 4.90 Å². The average Bonchev–Trinajstić information content (AvgIpc) is 2.96. The number of carbonyl (C=O) groups is 2. The van der Waals surface area contributed by atoms with E-state index >= 15 is 0 Å². The van der Waals surface area contributed by atoms with E-state index < -0.39 is 22.6 Å². The largest absolute Gasteiger partial charge is 0.495 e. The van der Waals surface area contributed by atoms with Gasteiger partial charge in [0.25, 0.3) is 5.91 Å². The molecule has 0 unspecified atom stereocenters. The van der Waals surface area contributed by atoms with Crippen molar-refractivity contribution in [2.45, 2.75) is 18.0 Å². The van der Waals surface area contributed by atoms with Crippen LogP contribution >= 0.6 is 0 Å². The second-order valence-electron chi connectivity index (χ2n) is 8.68. The molecule has 1 amide bonds. The van der Waals surface area contributed by atoms with Gasteiger partial charge in [-0.25, -0.2) is 13.2 Å². The zero-order valence-corrected chi connectivity index (χ0v) is 21.9. The van der Waals surface area contributed by atoms with Gasteiger partial charge in [0.05, 0.1) is 25.9 Å². The molecule has 200 valence electrons. The Morgan fingerprint density at radius 2 is 1.47 bits per heavy atom. The fourth-order valence-corrected chi connectivity index (χ4v) is 5.66. The van der Waals surface area contributed by atoms with Crippen LogP contribution in [0.25, 0.3) is 0 Å². The van der Waals surface area contributed by atoms with E-state index in [1.165, 1.54) is 29.6 Å². The Balaban J connectivity index is 1.48. The molecular weight excluding hydrogens is 508 g/mol. The molecule has 3 aromatic carbocycles. The van der Waals surface area contributed by atoms with Gasteiger partial charge >= 0.3 is 5.97 Å². The molecule has 1 fully saturated rings. The summed E-state index contributed by atoms with van der Waals surface area (Å²) in [7, 11) is -2.57. The zero-order chi connectivity index (χ0) is 27.0. The summed E-state index contributed by atoms with van der Waals surface area (Å²) >= 11 is 0. The molecule has 1 heterocycles. The molecule has 0 bridgehead atoms. The number of esters is 1. The Hall–Kier alpha value is -3.73. The van der Waals surface area contributed by atoms with Crippen LogP contribution < -0.4 is 4.74 Å². The second kappa shape index (κ2) is 12.7. The first kappa shape index (κ1) is 27.3. The van der Waals surface area contributed by atoms with Crippen molar-refractivity contribution in [3.63, 3.8) is 0 Å². The summed E-state index contributed by atoms with van der Waals surface area (Å²) in [5.74, 6) is -1.07. The standard InChI is InChI=1S/C28H30N2O7S/c1-35-25-13-12-24(18-26(25)38(33,34)30-14-16-36-17-15-30)28(32)37-21-27(31)29(19-22-8-4-2-5-9-22)20-23-10-6-3-7-11-23/h2-13,18H,14-17,19-21H2,1H3. The predicted octanol–water partition coefficient (Wildman–Crippen LogP) is 3.10. The Morgan fingerprint density at radius 1 is 0.895 bits per heavy atom. The summed E-state index contributed by atoms with van der Waals surface area (Å²) in [4.78, 5) is 27.5. The number of amides is 1. The summed E-state index contributed by atoms with van der Waals surface area (Å²) < 4.78 is 43.6. The van der Waals surface area contributed by atoms with E-state index in [2.05, 4.69) is 0 Å². The predicted molar refractivity (Wildman–Crippen MR) is 140 cm³/mol. The van der Waals surface area contributed by atoms with Crippen molar-refractivity contribution in [1.82, 2.24) is 9.21 Å². The Labute approximate surface area is 222 Å². The van der Waals surface area contributed by atoms with Crippen LogP contribution in [0.4, 0.5) is 0 Å². The van der Waals surface area contributed by atoms with Crippen LogP contribution in [-0.4, -0.2) is 69.5 Å². The smallest absolute Gasteiger partial charge is 0.338 e.